The molecule has 2 N–H and O–H groups in total. The van der Waals surface area contributed by atoms with Crippen LogP contribution in [0.15, 0.2) is 47.2 Å². The molecule has 1 aliphatic heterocycles. The quantitative estimate of drug-likeness (QED) is 0.241. The molecule has 3 aromatic heterocycles. The molecule has 236 valence electrons. The summed E-state index contributed by atoms with van der Waals surface area (Å²) < 4.78 is 90.8. The zero-order valence-corrected chi connectivity index (χ0v) is 23.8. The molecule has 1 saturated carbocycles. The van der Waals surface area contributed by atoms with Crippen molar-refractivity contribution < 1.29 is 35.7 Å². The Hall–Kier alpha value is -4.01. The van der Waals surface area contributed by atoms with Crippen molar-refractivity contribution in [3.05, 3.63) is 54.2 Å². The fourth-order valence-corrected chi connectivity index (χ4v) is 6.01. The van der Waals surface area contributed by atoms with Gasteiger partial charge in [-0.2, -0.15) is 18.2 Å². The molecule has 0 spiro atoms. The lowest BCUT2D eigenvalue weighted by molar-refractivity contribution is -0.139. The number of rotatable bonds is 8. The van der Waals surface area contributed by atoms with E-state index >= 15 is 0 Å². The van der Waals surface area contributed by atoms with E-state index in [1.165, 1.54) is 24.4 Å². The van der Waals surface area contributed by atoms with Gasteiger partial charge in [0.25, 0.3) is 5.91 Å². The molecular formula is C29H31F6N7O2. The second-order valence-corrected chi connectivity index (χ2v) is 11.6. The minimum Gasteiger partial charge on any atom is -0.379 e. The van der Waals surface area contributed by atoms with E-state index in [0.717, 1.165) is 4.57 Å². The number of benzene rings is 1. The summed E-state index contributed by atoms with van der Waals surface area (Å²) >= 11 is 0. The van der Waals surface area contributed by atoms with E-state index in [-0.39, 0.29) is 54.4 Å². The summed E-state index contributed by atoms with van der Waals surface area (Å²) in [4.78, 5) is 18.8. The Morgan fingerprint density at radius 1 is 1.20 bits per heavy atom. The Kier molecular flexibility index (Phi) is 7.84. The number of piperidine rings is 1. The van der Waals surface area contributed by atoms with Crippen molar-refractivity contribution >= 4 is 22.5 Å². The fourth-order valence-electron chi connectivity index (χ4n) is 6.01. The Morgan fingerprint density at radius 3 is 2.75 bits per heavy atom. The summed E-state index contributed by atoms with van der Waals surface area (Å²) in [7, 11) is 1.83. The van der Waals surface area contributed by atoms with Crippen molar-refractivity contribution in [2.24, 2.45) is 0 Å². The zero-order chi connectivity index (χ0) is 31.2. The van der Waals surface area contributed by atoms with Crippen LogP contribution in [0.1, 0.15) is 48.0 Å². The van der Waals surface area contributed by atoms with Crippen molar-refractivity contribution in [2.45, 2.75) is 69.1 Å². The Morgan fingerprint density at radius 2 is 2.02 bits per heavy atom. The summed E-state index contributed by atoms with van der Waals surface area (Å²) in [5.74, 6) is -3.38. The highest BCUT2D eigenvalue weighted by molar-refractivity contribution is 5.96. The molecule has 4 heterocycles. The number of hydrogen-bond donors (Lipinski definition) is 2. The second kappa shape index (κ2) is 11.5. The molecule has 1 aromatic carbocycles. The highest BCUT2D eigenvalue weighted by atomic mass is 19.4. The predicted octanol–water partition coefficient (Wildman–Crippen LogP) is 5.80. The maximum atomic E-state index is 14.7. The van der Waals surface area contributed by atoms with Gasteiger partial charge in [-0.1, -0.05) is 11.2 Å². The maximum absolute atomic E-state index is 14.7. The minimum atomic E-state index is -4.56. The van der Waals surface area contributed by atoms with Gasteiger partial charge in [0.05, 0.1) is 29.4 Å². The average molecular weight is 624 g/mol. The van der Waals surface area contributed by atoms with Gasteiger partial charge in [0.2, 0.25) is 17.6 Å². The molecule has 1 unspecified atom stereocenters. The van der Waals surface area contributed by atoms with Crippen LogP contribution in [0.3, 0.4) is 0 Å². The zero-order valence-electron chi connectivity index (χ0n) is 23.8. The first-order valence-corrected chi connectivity index (χ1v) is 14.3. The number of carbonyl (C=O) groups is 1. The van der Waals surface area contributed by atoms with Crippen LogP contribution in [-0.2, 0) is 13.1 Å². The molecule has 2 aliphatic rings. The highest BCUT2D eigenvalue weighted by Gasteiger charge is 2.40. The summed E-state index contributed by atoms with van der Waals surface area (Å²) in [6.07, 6.45) is -2.28. The number of anilines is 1. The van der Waals surface area contributed by atoms with Crippen LogP contribution in [0, 0.1) is 0 Å². The number of carbonyl (C=O) groups excluding carboxylic acids is 1. The molecule has 9 nitrogen and oxygen atoms in total. The van der Waals surface area contributed by atoms with Crippen molar-refractivity contribution in [2.75, 3.05) is 25.5 Å². The van der Waals surface area contributed by atoms with E-state index in [9.17, 15) is 31.1 Å². The number of likely N-dealkylation sites (tertiary alicyclic amines) is 1. The summed E-state index contributed by atoms with van der Waals surface area (Å²) in [5, 5.41) is 10.1. The first kappa shape index (κ1) is 30.0. The van der Waals surface area contributed by atoms with Gasteiger partial charge in [0.1, 0.15) is 12.7 Å². The van der Waals surface area contributed by atoms with Gasteiger partial charge in [-0.25, -0.2) is 13.2 Å². The van der Waals surface area contributed by atoms with E-state index in [1.807, 2.05) is 11.9 Å². The van der Waals surface area contributed by atoms with Crippen LogP contribution in [0.4, 0.5) is 32.0 Å². The monoisotopic (exact) mass is 623 g/mol. The molecule has 1 amide bonds. The Bertz CT molecular complexity index is 1640. The maximum Gasteiger partial charge on any atom is 0.406 e. The van der Waals surface area contributed by atoms with Crippen molar-refractivity contribution in [3.63, 3.8) is 0 Å². The fraction of sp³-hybridized carbons (Fsp3) is 0.483. The predicted molar refractivity (Wildman–Crippen MR) is 149 cm³/mol. The molecule has 1 aliphatic carbocycles. The molecule has 0 bridgehead atoms. The van der Waals surface area contributed by atoms with Gasteiger partial charge >= 0.3 is 6.18 Å². The number of hydrogen-bond acceptors (Lipinski definition) is 6. The standard InChI is InChI=1S/C29H31F6N7O2/c1-40-9-7-22(20(30)15-40)37-21-3-2-4-23-19(21)11-24(42(23)16-29(33,34)35)26-38-25(44-39-26)13-36-27(43)17-6-10-41(14-17)18-5-8-28(31,32)12-18/h2-4,6,10-11,14,18,20,22,37H,5,7-9,12-13,15-16H2,1H3,(H,36,43)/t18?,20-,22+/m0/s1. The van der Waals surface area contributed by atoms with Crippen LogP contribution in [0.25, 0.3) is 22.4 Å². The first-order chi connectivity index (χ1) is 20.8. The van der Waals surface area contributed by atoms with Crippen molar-refractivity contribution in [1.29, 1.82) is 0 Å². The van der Waals surface area contributed by atoms with Crippen molar-refractivity contribution in [1.82, 2.24) is 29.5 Å². The van der Waals surface area contributed by atoms with Gasteiger partial charge in [-0.05, 0) is 44.2 Å². The van der Waals surface area contributed by atoms with E-state index in [4.69, 9.17) is 4.52 Å². The van der Waals surface area contributed by atoms with Crippen LogP contribution in [-0.4, -0.2) is 74.5 Å². The van der Waals surface area contributed by atoms with Crippen molar-refractivity contribution in [3.8, 4) is 11.5 Å². The lowest BCUT2D eigenvalue weighted by Crippen LogP contribution is -2.46. The largest absolute Gasteiger partial charge is 0.406 e. The number of halogens is 6. The van der Waals surface area contributed by atoms with E-state index in [0.29, 0.717) is 30.5 Å². The number of aromatic nitrogens is 4. The highest BCUT2D eigenvalue weighted by Crippen LogP contribution is 2.41. The molecule has 0 radical (unpaired) electrons. The molecule has 2 fully saturated rings. The van der Waals surface area contributed by atoms with Crippen LogP contribution in [0.5, 0.6) is 0 Å². The number of fused-ring (bicyclic) bond motifs is 1. The molecule has 44 heavy (non-hydrogen) atoms. The summed E-state index contributed by atoms with van der Waals surface area (Å²) in [5.41, 5.74) is 1.05. The van der Waals surface area contributed by atoms with Crippen LogP contribution >= 0.6 is 0 Å². The normalized spacial score (nSPS) is 22.5. The van der Waals surface area contributed by atoms with Gasteiger partial charge in [-0.15, -0.1) is 0 Å². The van der Waals surface area contributed by atoms with Crippen LogP contribution in [0.2, 0.25) is 0 Å². The molecular weight excluding hydrogens is 592 g/mol. The molecule has 3 atom stereocenters. The Balaban J connectivity index is 1.20. The SMILES string of the molecule is CN1CC[C@@H](Nc2cccc3c2cc(-c2noc(CNC(=O)c4ccn(C5CCC(F)(F)C5)c4)n2)n3CC(F)(F)F)[C@@H](F)C1. The summed E-state index contributed by atoms with van der Waals surface area (Å²) in [6, 6.07) is 6.97. The van der Waals surface area contributed by atoms with E-state index < -0.39 is 42.8 Å². The smallest absolute Gasteiger partial charge is 0.379 e. The van der Waals surface area contributed by atoms with Gasteiger partial charge < -0.3 is 29.2 Å². The number of alkyl halides is 6. The third kappa shape index (κ3) is 6.42. The third-order valence-electron chi connectivity index (χ3n) is 8.24. The van der Waals surface area contributed by atoms with Gasteiger partial charge in [-0.3, -0.25) is 4.79 Å². The molecule has 6 rings (SSSR count). The number of nitrogens with zero attached hydrogens (tertiary/aromatic N) is 5. The third-order valence-corrected chi connectivity index (χ3v) is 8.24. The molecule has 15 heteroatoms. The lowest BCUT2D eigenvalue weighted by atomic mass is 10.0. The summed E-state index contributed by atoms with van der Waals surface area (Å²) in [6.45, 7) is -0.595. The number of amides is 1. The molecule has 1 saturated heterocycles. The topological polar surface area (TPSA) is 93.2 Å². The van der Waals surface area contributed by atoms with Gasteiger partial charge in [0, 0.05) is 55.4 Å². The van der Waals surface area contributed by atoms with E-state index in [1.54, 1.807) is 22.9 Å². The minimum absolute atomic E-state index is 0.0403. The van der Waals surface area contributed by atoms with Crippen LogP contribution < -0.4 is 10.6 Å². The molecule has 4 aromatic rings. The average Bonchev–Trinajstić information content (AvgIpc) is 3.74. The Labute approximate surface area is 248 Å². The van der Waals surface area contributed by atoms with Gasteiger partial charge in [0.15, 0.2) is 0 Å². The second-order valence-electron chi connectivity index (χ2n) is 11.6. The van der Waals surface area contributed by atoms with E-state index in [2.05, 4.69) is 20.8 Å². The number of nitrogens with one attached hydrogen (secondary N) is 2. The first-order valence-electron chi connectivity index (χ1n) is 14.3. The lowest BCUT2D eigenvalue weighted by Gasteiger charge is -2.33.